The van der Waals surface area contributed by atoms with Crippen LogP contribution >= 0.6 is 11.6 Å². The molecule has 2 amide bonds. The molecule has 1 saturated heterocycles. The third-order valence-corrected chi connectivity index (χ3v) is 5.10. The first-order valence-electron chi connectivity index (χ1n) is 8.42. The minimum Gasteiger partial charge on any atom is -0.361 e. The summed E-state index contributed by atoms with van der Waals surface area (Å²) in [6, 6.07) is 10.7. The maximum atomic E-state index is 12.8. The molecule has 5 rings (SSSR count). The molecule has 1 unspecified atom stereocenters. The number of carbonyl (C=O) groups is 1. The van der Waals surface area contributed by atoms with Crippen LogP contribution < -0.4 is 10.2 Å². The van der Waals surface area contributed by atoms with Gasteiger partial charge in [-0.2, -0.15) is 0 Å². The third-order valence-electron chi connectivity index (χ3n) is 4.87. The molecule has 3 N–H and O–H groups in total. The Morgan fingerprint density at radius 1 is 1.15 bits per heavy atom. The molecule has 0 aliphatic carbocycles. The summed E-state index contributed by atoms with van der Waals surface area (Å²) in [5.41, 5.74) is 4.33. The van der Waals surface area contributed by atoms with Crippen LogP contribution in [0.15, 0.2) is 53.9 Å². The number of anilines is 1. The van der Waals surface area contributed by atoms with Crippen molar-refractivity contribution in [1.29, 1.82) is 0 Å². The summed E-state index contributed by atoms with van der Waals surface area (Å²) in [6.07, 6.45) is 3.54. The molecule has 0 bridgehead atoms. The van der Waals surface area contributed by atoms with Gasteiger partial charge in [0.15, 0.2) is 0 Å². The fourth-order valence-corrected chi connectivity index (χ4v) is 3.79. The molecule has 1 fully saturated rings. The van der Waals surface area contributed by atoms with Crippen molar-refractivity contribution in [3.05, 3.63) is 59.5 Å². The van der Waals surface area contributed by atoms with Crippen molar-refractivity contribution in [1.82, 2.24) is 20.3 Å². The van der Waals surface area contributed by atoms with E-state index in [1.54, 1.807) is 18.3 Å². The van der Waals surface area contributed by atoms with E-state index in [-0.39, 0.29) is 12.1 Å². The van der Waals surface area contributed by atoms with Crippen molar-refractivity contribution >= 4 is 51.1 Å². The molecule has 4 aromatic rings. The third kappa shape index (κ3) is 2.39. The van der Waals surface area contributed by atoms with Crippen LogP contribution in [0.25, 0.3) is 21.9 Å². The summed E-state index contributed by atoms with van der Waals surface area (Å²) in [4.78, 5) is 29.4. The van der Waals surface area contributed by atoms with Crippen LogP contribution in [0.4, 0.5) is 10.5 Å². The molecule has 134 valence electrons. The fraction of sp³-hybridized carbons (Fsp3) is 0.105. The van der Waals surface area contributed by atoms with Crippen LogP contribution in [-0.4, -0.2) is 33.9 Å². The summed E-state index contributed by atoms with van der Waals surface area (Å²) in [6.45, 7) is 0. The van der Waals surface area contributed by atoms with Crippen molar-refractivity contribution in [3.8, 4) is 0 Å². The number of aromatic nitrogens is 3. The van der Waals surface area contributed by atoms with Crippen LogP contribution in [0.5, 0.6) is 0 Å². The van der Waals surface area contributed by atoms with Gasteiger partial charge >= 0.3 is 6.03 Å². The number of aromatic amines is 2. The Bertz CT molecular complexity index is 1220. The van der Waals surface area contributed by atoms with Crippen LogP contribution in [-0.2, 0) is 0 Å². The summed E-state index contributed by atoms with van der Waals surface area (Å²) in [5.74, 6) is 0.586. The average Bonchev–Trinajstić information content (AvgIpc) is 3.36. The monoisotopic (exact) mass is 378 g/mol. The van der Waals surface area contributed by atoms with Crippen LogP contribution in [0.2, 0.25) is 5.02 Å². The van der Waals surface area contributed by atoms with Gasteiger partial charge in [-0.25, -0.2) is 9.78 Å². The lowest BCUT2D eigenvalue weighted by atomic mass is 10.0. The van der Waals surface area contributed by atoms with Gasteiger partial charge in [0.1, 0.15) is 11.9 Å². The number of amidine groups is 1. The van der Waals surface area contributed by atoms with Gasteiger partial charge in [-0.3, -0.25) is 15.2 Å². The van der Waals surface area contributed by atoms with Crippen molar-refractivity contribution in [3.63, 3.8) is 0 Å². The number of amides is 2. The van der Waals surface area contributed by atoms with E-state index in [1.807, 2.05) is 42.6 Å². The lowest BCUT2D eigenvalue weighted by Crippen LogP contribution is -2.29. The van der Waals surface area contributed by atoms with Crippen LogP contribution in [0, 0.1) is 0 Å². The van der Waals surface area contributed by atoms with E-state index >= 15 is 0 Å². The molecular formula is C19H15ClN6O. The van der Waals surface area contributed by atoms with Gasteiger partial charge in [0.05, 0.1) is 17.4 Å². The van der Waals surface area contributed by atoms with E-state index in [9.17, 15) is 4.79 Å². The second kappa shape index (κ2) is 5.85. The number of carbonyl (C=O) groups excluding carboxylic acids is 1. The van der Waals surface area contributed by atoms with Crippen molar-refractivity contribution in [2.75, 3.05) is 11.9 Å². The zero-order valence-corrected chi connectivity index (χ0v) is 15.1. The number of nitrogens with one attached hydrogen (secondary N) is 3. The number of nitrogens with zero attached hydrogens (tertiary/aromatic N) is 3. The molecule has 0 saturated carbocycles. The van der Waals surface area contributed by atoms with E-state index in [1.165, 1.54) is 0 Å². The topological polar surface area (TPSA) is 89.2 Å². The Labute approximate surface area is 159 Å². The summed E-state index contributed by atoms with van der Waals surface area (Å²) in [7, 11) is 1.67. The highest BCUT2D eigenvalue weighted by Gasteiger charge is 2.39. The lowest BCUT2D eigenvalue weighted by Gasteiger charge is -2.23. The molecule has 1 atom stereocenters. The number of hydrogen-bond acceptors (Lipinski definition) is 3. The van der Waals surface area contributed by atoms with Gasteiger partial charge in [-0.15, -0.1) is 0 Å². The van der Waals surface area contributed by atoms with E-state index < -0.39 is 0 Å². The highest BCUT2D eigenvalue weighted by molar-refractivity contribution is 6.31. The standard InChI is InChI=1S/C19H15ClN6O/c1-21-18-17(13-8-22-14-4-2-10(20)6-12(13)14)26(19(27)25-18)11-3-5-15-16(7-11)24-9-23-15/h2-9,17,22H,1H3,(H,23,24)(H,21,25,27). The van der Waals surface area contributed by atoms with Crippen LogP contribution in [0.1, 0.15) is 11.6 Å². The number of aliphatic imine (C=N–C) groups is 1. The molecule has 1 aliphatic rings. The normalized spacial score (nSPS) is 18.7. The van der Waals surface area contributed by atoms with E-state index in [2.05, 4.69) is 25.3 Å². The molecule has 27 heavy (non-hydrogen) atoms. The van der Waals surface area contributed by atoms with Gasteiger partial charge in [0.2, 0.25) is 0 Å². The van der Waals surface area contributed by atoms with E-state index in [0.717, 1.165) is 33.2 Å². The maximum Gasteiger partial charge on any atom is 0.328 e. The number of rotatable bonds is 2. The fourth-order valence-electron chi connectivity index (χ4n) is 3.62. The molecule has 2 aromatic heterocycles. The molecule has 0 spiro atoms. The van der Waals surface area contributed by atoms with E-state index in [0.29, 0.717) is 10.9 Å². The number of benzene rings is 2. The molecule has 8 heteroatoms. The first-order chi connectivity index (χ1) is 13.2. The number of halogens is 1. The second-order valence-corrected chi connectivity index (χ2v) is 6.79. The Morgan fingerprint density at radius 3 is 2.85 bits per heavy atom. The minimum absolute atomic E-state index is 0.230. The predicted octanol–water partition coefficient (Wildman–Crippen LogP) is 4.00. The zero-order valence-electron chi connectivity index (χ0n) is 14.3. The smallest absolute Gasteiger partial charge is 0.328 e. The first-order valence-corrected chi connectivity index (χ1v) is 8.80. The maximum absolute atomic E-state index is 12.8. The second-order valence-electron chi connectivity index (χ2n) is 6.35. The van der Waals surface area contributed by atoms with Gasteiger partial charge in [0, 0.05) is 40.4 Å². The Hall–Kier alpha value is -3.32. The molecule has 7 nitrogen and oxygen atoms in total. The highest BCUT2D eigenvalue weighted by atomic mass is 35.5. The number of urea groups is 1. The Kier molecular flexibility index (Phi) is 3.45. The van der Waals surface area contributed by atoms with Gasteiger partial charge < -0.3 is 9.97 Å². The Morgan fingerprint density at radius 2 is 2.00 bits per heavy atom. The SMILES string of the molecule is C/N=C1/NC(=O)N(c2ccc3[nH]cnc3c2)C1c1c[nH]c2ccc(Cl)cc12. The largest absolute Gasteiger partial charge is 0.361 e. The molecular weight excluding hydrogens is 364 g/mol. The Balaban J connectivity index is 1.70. The number of fused-ring (bicyclic) bond motifs is 2. The quantitative estimate of drug-likeness (QED) is 0.492. The van der Waals surface area contributed by atoms with Crippen molar-refractivity contribution in [2.45, 2.75) is 6.04 Å². The zero-order chi connectivity index (χ0) is 18.5. The first kappa shape index (κ1) is 15.9. The number of H-pyrrole nitrogens is 2. The van der Waals surface area contributed by atoms with Gasteiger partial charge in [0.25, 0.3) is 0 Å². The molecule has 0 radical (unpaired) electrons. The summed E-state index contributed by atoms with van der Waals surface area (Å²) in [5, 5.41) is 4.47. The predicted molar refractivity (Wildman–Crippen MR) is 107 cm³/mol. The molecule has 3 heterocycles. The van der Waals surface area contributed by atoms with Crippen LogP contribution in [0.3, 0.4) is 0 Å². The molecule has 2 aromatic carbocycles. The summed E-state index contributed by atoms with van der Waals surface area (Å²) >= 11 is 6.21. The summed E-state index contributed by atoms with van der Waals surface area (Å²) < 4.78 is 0. The lowest BCUT2D eigenvalue weighted by molar-refractivity contribution is 0.252. The molecule has 1 aliphatic heterocycles. The average molecular weight is 379 g/mol. The van der Waals surface area contributed by atoms with Crippen molar-refractivity contribution in [2.24, 2.45) is 4.99 Å². The minimum atomic E-state index is -0.383. The van der Waals surface area contributed by atoms with E-state index in [4.69, 9.17) is 11.6 Å². The number of hydrogen-bond donors (Lipinski definition) is 3. The van der Waals surface area contributed by atoms with Gasteiger partial charge in [-0.1, -0.05) is 11.6 Å². The van der Waals surface area contributed by atoms with Crippen molar-refractivity contribution < 1.29 is 4.79 Å². The highest BCUT2D eigenvalue weighted by Crippen LogP contribution is 2.37. The van der Waals surface area contributed by atoms with Gasteiger partial charge in [-0.05, 0) is 36.4 Å². The number of imidazole rings is 1.